The standard InChI is InChI=1S/C22H23F3N4O/c1-14-26-11-20(28(14)2)15-3-4-16-10-27-19(8-17(16)7-15)9-21(30)18-12-29(13-18)6-5-22(23,24)25/h3-4,7-8,10-11,18H,5-6,9,12-13H2,1-2H3. The van der Waals surface area contributed by atoms with Gasteiger partial charge in [0, 0.05) is 61.9 Å². The van der Waals surface area contributed by atoms with Crippen molar-refractivity contribution in [2.45, 2.75) is 25.9 Å². The fourth-order valence-electron chi connectivity index (χ4n) is 3.78. The molecule has 3 aromatic rings. The SMILES string of the molecule is Cc1ncc(-c2ccc3cnc(CC(=O)C4CN(CCC(F)(F)F)C4)cc3c2)n1C. The molecule has 4 rings (SSSR count). The van der Waals surface area contributed by atoms with Crippen molar-refractivity contribution in [1.82, 2.24) is 19.4 Å². The number of likely N-dealkylation sites (tertiary alicyclic amines) is 1. The van der Waals surface area contributed by atoms with Crippen LogP contribution in [-0.2, 0) is 18.3 Å². The summed E-state index contributed by atoms with van der Waals surface area (Å²) in [5.74, 6) is 0.749. The van der Waals surface area contributed by atoms with E-state index in [1.807, 2.05) is 42.9 Å². The summed E-state index contributed by atoms with van der Waals surface area (Å²) in [5, 5.41) is 1.97. The number of hydrogen-bond donors (Lipinski definition) is 0. The topological polar surface area (TPSA) is 51.0 Å². The average Bonchev–Trinajstić information content (AvgIpc) is 2.98. The summed E-state index contributed by atoms with van der Waals surface area (Å²) in [6, 6.07) is 7.99. The average molecular weight is 416 g/mol. The van der Waals surface area contributed by atoms with Gasteiger partial charge in [0.25, 0.3) is 0 Å². The second-order valence-electron chi connectivity index (χ2n) is 7.95. The summed E-state index contributed by atoms with van der Waals surface area (Å²) in [4.78, 5) is 22.9. The number of fused-ring (bicyclic) bond motifs is 1. The molecule has 1 saturated heterocycles. The molecule has 0 N–H and O–H groups in total. The van der Waals surface area contributed by atoms with Gasteiger partial charge in [0.15, 0.2) is 0 Å². The Labute approximate surface area is 172 Å². The van der Waals surface area contributed by atoms with E-state index in [4.69, 9.17) is 0 Å². The van der Waals surface area contributed by atoms with Crippen LogP contribution < -0.4 is 0 Å². The highest BCUT2D eigenvalue weighted by molar-refractivity contribution is 5.88. The summed E-state index contributed by atoms with van der Waals surface area (Å²) in [6.45, 7) is 2.69. The molecule has 0 amide bonds. The van der Waals surface area contributed by atoms with Crippen LogP contribution in [0.1, 0.15) is 17.9 Å². The van der Waals surface area contributed by atoms with Crippen molar-refractivity contribution in [3.05, 3.63) is 48.2 Å². The van der Waals surface area contributed by atoms with Crippen LogP contribution in [0.25, 0.3) is 22.0 Å². The smallest absolute Gasteiger partial charge is 0.331 e. The number of pyridine rings is 1. The zero-order valence-corrected chi connectivity index (χ0v) is 16.9. The van der Waals surface area contributed by atoms with E-state index in [-0.39, 0.29) is 24.7 Å². The highest BCUT2D eigenvalue weighted by Gasteiger charge is 2.35. The third-order valence-corrected chi connectivity index (χ3v) is 5.77. The predicted octanol–water partition coefficient (Wildman–Crippen LogP) is 3.94. The van der Waals surface area contributed by atoms with E-state index >= 15 is 0 Å². The largest absolute Gasteiger partial charge is 0.390 e. The number of ketones is 1. The monoisotopic (exact) mass is 416 g/mol. The number of carbonyl (C=O) groups is 1. The number of nitrogens with zero attached hydrogens (tertiary/aromatic N) is 4. The molecular formula is C22H23F3N4O. The van der Waals surface area contributed by atoms with E-state index in [2.05, 4.69) is 16.0 Å². The lowest BCUT2D eigenvalue weighted by Crippen LogP contribution is -2.51. The molecule has 1 aliphatic heterocycles. The molecule has 0 unspecified atom stereocenters. The zero-order valence-electron chi connectivity index (χ0n) is 16.9. The number of aromatic nitrogens is 3. The molecule has 1 fully saturated rings. The van der Waals surface area contributed by atoms with Gasteiger partial charge in [-0.3, -0.25) is 9.78 Å². The second kappa shape index (κ2) is 7.83. The molecule has 0 saturated carbocycles. The summed E-state index contributed by atoms with van der Waals surface area (Å²) in [7, 11) is 1.97. The number of halogens is 3. The highest BCUT2D eigenvalue weighted by atomic mass is 19.4. The molecule has 0 spiro atoms. The van der Waals surface area contributed by atoms with Crippen molar-refractivity contribution in [3.63, 3.8) is 0 Å². The maximum atomic E-state index is 12.5. The zero-order chi connectivity index (χ0) is 21.5. The minimum absolute atomic E-state index is 0.0310. The van der Waals surface area contributed by atoms with Crippen LogP contribution >= 0.6 is 0 Å². The first kappa shape index (κ1) is 20.5. The van der Waals surface area contributed by atoms with Crippen LogP contribution in [0.4, 0.5) is 13.2 Å². The summed E-state index contributed by atoms with van der Waals surface area (Å²) >= 11 is 0. The molecule has 0 radical (unpaired) electrons. The minimum atomic E-state index is -4.16. The van der Waals surface area contributed by atoms with E-state index in [1.54, 1.807) is 11.1 Å². The molecule has 5 nitrogen and oxygen atoms in total. The summed E-state index contributed by atoms with van der Waals surface area (Å²) in [6.07, 6.45) is -1.20. The van der Waals surface area contributed by atoms with Crippen molar-refractivity contribution in [2.75, 3.05) is 19.6 Å². The van der Waals surface area contributed by atoms with Gasteiger partial charge >= 0.3 is 6.18 Å². The molecule has 3 heterocycles. The molecule has 8 heteroatoms. The van der Waals surface area contributed by atoms with Crippen molar-refractivity contribution in [2.24, 2.45) is 13.0 Å². The Bertz CT molecular complexity index is 1080. The number of benzene rings is 1. The van der Waals surface area contributed by atoms with Crippen LogP contribution in [0, 0.1) is 12.8 Å². The first-order chi connectivity index (χ1) is 14.2. The Morgan fingerprint density at radius 3 is 2.57 bits per heavy atom. The number of rotatable bonds is 6. The van der Waals surface area contributed by atoms with E-state index in [0.29, 0.717) is 18.8 Å². The molecule has 0 aliphatic carbocycles. The van der Waals surface area contributed by atoms with Crippen LogP contribution in [0.5, 0.6) is 0 Å². The molecule has 30 heavy (non-hydrogen) atoms. The maximum absolute atomic E-state index is 12.5. The van der Waals surface area contributed by atoms with Gasteiger partial charge in [0.2, 0.25) is 0 Å². The molecule has 1 aromatic carbocycles. The minimum Gasteiger partial charge on any atom is -0.331 e. The van der Waals surface area contributed by atoms with E-state index in [9.17, 15) is 18.0 Å². The van der Waals surface area contributed by atoms with Crippen LogP contribution in [0.15, 0.2) is 36.7 Å². The summed E-state index contributed by atoms with van der Waals surface area (Å²) in [5.41, 5.74) is 2.73. The number of carbonyl (C=O) groups excluding carboxylic acids is 1. The van der Waals surface area contributed by atoms with Gasteiger partial charge < -0.3 is 9.47 Å². The predicted molar refractivity (Wildman–Crippen MR) is 108 cm³/mol. The lowest BCUT2D eigenvalue weighted by molar-refractivity contribution is -0.143. The van der Waals surface area contributed by atoms with E-state index in [1.165, 1.54) is 0 Å². The molecule has 2 aromatic heterocycles. The lowest BCUT2D eigenvalue weighted by atomic mass is 9.92. The Hall–Kier alpha value is -2.74. The molecule has 158 valence electrons. The molecule has 0 bridgehead atoms. The summed E-state index contributed by atoms with van der Waals surface area (Å²) < 4.78 is 38.9. The van der Waals surface area contributed by atoms with Crippen molar-refractivity contribution in [1.29, 1.82) is 0 Å². The van der Waals surface area contributed by atoms with Crippen molar-refractivity contribution >= 4 is 16.6 Å². The normalized spacial score (nSPS) is 15.5. The maximum Gasteiger partial charge on any atom is 0.390 e. The Morgan fingerprint density at radius 1 is 1.13 bits per heavy atom. The number of alkyl halides is 3. The fraction of sp³-hybridized carbons (Fsp3) is 0.409. The Balaban J connectivity index is 1.42. The van der Waals surface area contributed by atoms with Gasteiger partial charge in [-0.2, -0.15) is 13.2 Å². The van der Waals surface area contributed by atoms with Crippen LogP contribution in [-0.4, -0.2) is 51.0 Å². The highest BCUT2D eigenvalue weighted by Crippen LogP contribution is 2.26. The Kier molecular flexibility index (Phi) is 5.36. The van der Waals surface area contributed by atoms with Crippen LogP contribution in [0.2, 0.25) is 0 Å². The first-order valence-electron chi connectivity index (χ1n) is 9.89. The molecule has 0 atom stereocenters. The molecular weight excluding hydrogens is 393 g/mol. The van der Waals surface area contributed by atoms with Crippen molar-refractivity contribution < 1.29 is 18.0 Å². The van der Waals surface area contributed by atoms with E-state index < -0.39 is 12.6 Å². The third kappa shape index (κ3) is 4.38. The fourth-order valence-corrected chi connectivity index (χ4v) is 3.78. The van der Waals surface area contributed by atoms with Gasteiger partial charge in [0.05, 0.1) is 18.3 Å². The number of aryl methyl sites for hydroxylation is 1. The van der Waals surface area contributed by atoms with Crippen molar-refractivity contribution in [3.8, 4) is 11.3 Å². The van der Waals surface area contributed by atoms with E-state index in [0.717, 1.165) is 27.9 Å². The van der Waals surface area contributed by atoms with Gasteiger partial charge in [-0.25, -0.2) is 4.98 Å². The van der Waals surface area contributed by atoms with Gasteiger partial charge in [0.1, 0.15) is 11.6 Å². The number of imidazole rings is 1. The molecule has 1 aliphatic rings. The van der Waals surface area contributed by atoms with Crippen LogP contribution in [0.3, 0.4) is 0 Å². The number of Topliss-reactive ketones (excluding diaryl/α,β-unsaturated/α-hetero) is 1. The quantitative estimate of drug-likeness (QED) is 0.611. The van der Waals surface area contributed by atoms with Gasteiger partial charge in [-0.1, -0.05) is 12.1 Å². The Morgan fingerprint density at radius 2 is 1.90 bits per heavy atom. The number of hydrogen-bond acceptors (Lipinski definition) is 4. The first-order valence-corrected chi connectivity index (χ1v) is 9.89. The van der Waals surface area contributed by atoms with Gasteiger partial charge in [-0.05, 0) is 24.4 Å². The second-order valence-corrected chi connectivity index (χ2v) is 7.95. The third-order valence-electron chi connectivity index (χ3n) is 5.77. The van der Waals surface area contributed by atoms with Gasteiger partial charge in [-0.15, -0.1) is 0 Å². The lowest BCUT2D eigenvalue weighted by Gasteiger charge is -2.38.